The van der Waals surface area contributed by atoms with Gasteiger partial charge in [0.1, 0.15) is 0 Å². The first-order chi connectivity index (χ1) is 10.5. The summed E-state index contributed by atoms with van der Waals surface area (Å²) in [5.41, 5.74) is 2.30. The molecule has 0 bridgehead atoms. The number of carbonyl (C=O) groups excluding carboxylic acids is 1. The highest BCUT2D eigenvalue weighted by Gasteiger charge is 2.30. The minimum absolute atomic E-state index is 0.00929. The van der Waals surface area contributed by atoms with Crippen molar-refractivity contribution in [3.63, 3.8) is 0 Å². The summed E-state index contributed by atoms with van der Waals surface area (Å²) in [7, 11) is 0. The number of carboxylic acid groups (broad SMARTS) is 1. The minimum Gasteiger partial charge on any atom is -0.481 e. The van der Waals surface area contributed by atoms with Crippen molar-refractivity contribution in [2.45, 2.75) is 31.7 Å². The number of nitrogens with one attached hydrogen (secondary N) is 1. The van der Waals surface area contributed by atoms with E-state index in [1.807, 2.05) is 18.2 Å². The van der Waals surface area contributed by atoms with Gasteiger partial charge in [-0.25, -0.2) is 4.79 Å². The number of likely N-dealkylation sites (tertiary alicyclic amines) is 1. The summed E-state index contributed by atoms with van der Waals surface area (Å²) >= 11 is 5.99. The van der Waals surface area contributed by atoms with E-state index in [4.69, 9.17) is 16.7 Å². The van der Waals surface area contributed by atoms with Gasteiger partial charge in [-0.1, -0.05) is 17.7 Å². The third kappa shape index (κ3) is 3.04. The number of fused-ring (bicyclic) bond motifs is 1. The molecule has 2 aliphatic rings. The maximum absolute atomic E-state index is 12.4. The van der Waals surface area contributed by atoms with E-state index in [-0.39, 0.29) is 12.1 Å². The third-order valence-corrected chi connectivity index (χ3v) is 4.77. The van der Waals surface area contributed by atoms with Gasteiger partial charge in [0.2, 0.25) is 0 Å². The Bertz CT molecular complexity index is 605. The van der Waals surface area contributed by atoms with Crippen LogP contribution in [0.1, 0.15) is 36.4 Å². The predicted octanol–water partition coefficient (Wildman–Crippen LogP) is 2.83. The molecular formula is C16H19ClN2O3. The average Bonchev–Trinajstić information content (AvgIpc) is 2.89. The highest BCUT2D eigenvalue weighted by molar-refractivity contribution is 6.30. The van der Waals surface area contributed by atoms with E-state index < -0.39 is 11.9 Å². The molecule has 118 valence electrons. The van der Waals surface area contributed by atoms with Crippen LogP contribution >= 0.6 is 11.6 Å². The van der Waals surface area contributed by atoms with E-state index in [1.165, 1.54) is 5.56 Å². The first kappa shape index (κ1) is 15.2. The Morgan fingerprint density at radius 1 is 1.32 bits per heavy atom. The molecule has 5 nitrogen and oxygen atoms in total. The van der Waals surface area contributed by atoms with Crippen LogP contribution < -0.4 is 5.32 Å². The number of hydrogen-bond acceptors (Lipinski definition) is 2. The molecule has 1 saturated heterocycles. The molecule has 2 unspecified atom stereocenters. The Morgan fingerprint density at radius 2 is 2.14 bits per heavy atom. The SMILES string of the molecule is O=C(O)C1CCCN(C(=O)NC2CCc3cc(Cl)ccc32)C1. The van der Waals surface area contributed by atoms with E-state index in [2.05, 4.69) is 5.32 Å². The smallest absolute Gasteiger partial charge is 0.317 e. The van der Waals surface area contributed by atoms with Crippen LogP contribution in [0.2, 0.25) is 5.02 Å². The van der Waals surface area contributed by atoms with Gasteiger partial charge in [0, 0.05) is 18.1 Å². The lowest BCUT2D eigenvalue weighted by Crippen LogP contribution is -2.47. The van der Waals surface area contributed by atoms with Gasteiger partial charge in [-0.05, 0) is 48.9 Å². The number of urea groups is 1. The van der Waals surface area contributed by atoms with Crippen molar-refractivity contribution in [2.75, 3.05) is 13.1 Å². The predicted molar refractivity (Wildman–Crippen MR) is 83.0 cm³/mol. The van der Waals surface area contributed by atoms with Crippen molar-refractivity contribution in [3.8, 4) is 0 Å². The number of carbonyl (C=O) groups is 2. The van der Waals surface area contributed by atoms with Crippen molar-refractivity contribution in [1.29, 1.82) is 0 Å². The Labute approximate surface area is 134 Å². The molecular weight excluding hydrogens is 304 g/mol. The molecule has 1 fully saturated rings. The summed E-state index contributed by atoms with van der Waals surface area (Å²) in [6.07, 6.45) is 3.14. The molecule has 22 heavy (non-hydrogen) atoms. The summed E-state index contributed by atoms with van der Waals surface area (Å²) in [4.78, 5) is 25.1. The number of piperidine rings is 1. The maximum atomic E-state index is 12.4. The molecule has 3 rings (SSSR count). The molecule has 6 heteroatoms. The summed E-state index contributed by atoms with van der Waals surface area (Å²) in [5, 5.41) is 12.9. The number of nitrogens with zero attached hydrogens (tertiary/aromatic N) is 1. The fourth-order valence-corrected chi connectivity index (χ4v) is 3.53. The zero-order valence-electron chi connectivity index (χ0n) is 12.2. The molecule has 0 radical (unpaired) electrons. The summed E-state index contributed by atoms with van der Waals surface area (Å²) in [5.74, 6) is -1.27. The van der Waals surface area contributed by atoms with Gasteiger partial charge in [-0.3, -0.25) is 4.79 Å². The molecule has 2 N–H and O–H groups in total. The molecule has 2 atom stereocenters. The molecule has 1 aromatic carbocycles. The first-order valence-electron chi connectivity index (χ1n) is 7.61. The number of rotatable bonds is 2. The van der Waals surface area contributed by atoms with Gasteiger partial charge in [-0.15, -0.1) is 0 Å². The fourth-order valence-electron chi connectivity index (χ4n) is 3.34. The molecule has 2 amide bonds. The fraction of sp³-hybridized carbons (Fsp3) is 0.500. The van der Waals surface area contributed by atoms with E-state index in [1.54, 1.807) is 4.90 Å². The molecule has 0 aromatic heterocycles. The molecule has 1 heterocycles. The van der Waals surface area contributed by atoms with Gasteiger partial charge in [-0.2, -0.15) is 0 Å². The lowest BCUT2D eigenvalue weighted by atomic mass is 9.98. The van der Waals surface area contributed by atoms with Gasteiger partial charge in [0.25, 0.3) is 0 Å². The quantitative estimate of drug-likeness (QED) is 0.879. The van der Waals surface area contributed by atoms with Gasteiger partial charge >= 0.3 is 12.0 Å². The second kappa shape index (κ2) is 6.16. The highest BCUT2D eigenvalue weighted by atomic mass is 35.5. The second-order valence-electron chi connectivity index (χ2n) is 6.01. The molecule has 1 aliphatic heterocycles. The van der Waals surface area contributed by atoms with Crippen LogP contribution in [-0.4, -0.2) is 35.1 Å². The maximum Gasteiger partial charge on any atom is 0.317 e. The van der Waals surface area contributed by atoms with E-state index in [0.717, 1.165) is 24.8 Å². The lowest BCUT2D eigenvalue weighted by molar-refractivity contribution is -0.143. The zero-order chi connectivity index (χ0) is 15.7. The van der Waals surface area contributed by atoms with Crippen molar-refractivity contribution in [1.82, 2.24) is 10.2 Å². The van der Waals surface area contributed by atoms with Crippen molar-refractivity contribution in [3.05, 3.63) is 34.3 Å². The standard InChI is InChI=1S/C16H19ClN2O3/c17-12-4-5-13-10(8-12)3-6-14(13)18-16(22)19-7-1-2-11(9-19)15(20)21/h4-5,8,11,14H,1-3,6-7,9H2,(H,18,22)(H,20,21). The molecule has 1 aliphatic carbocycles. The van der Waals surface area contributed by atoms with E-state index >= 15 is 0 Å². The summed E-state index contributed by atoms with van der Waals surface area (Å²) < 4.78 is 0. The first-order valence-corrected chi connectivity index (χ1v) is 7.99. The largest absolute Gasteiger partial charge is 0.481 e. The zero-order valence-corrected chi connectivity index (χ0v) is 13.0. The van der Waals surface area contributed by atoms with E-state index in [0.29, 0.717) is 24.5 Å². The van der Waals surface area contributed by atoms with Crippen molar-refractivity contribution in [2.24, 2.45) is 5.92 Å². The van der Waals surface area contributed by atoms with Crippen molar-refractivity contribution >= 4 is 23.6 Å². The van der Waals surface area contributed by atoms with Gasteiger partial charge in [0.15, 0.2) is 0 Å². The Morgan fingerprint density at radius 3 is 2.91 bits per heavy atom. The monoisotopic (exact) mass is 322 g/mol. The summed E-state index contributed by atoms with van der Waals surface area (Å²) in [6, 6.07) is 5.58. The number of aryl methyl sites for hydroxylation is 1. The van der Waals surface area contributed by atoms with Crippen LogP contribution in [0.4, 0.5) is 4.79 Å². The van der Waals surface area contributed by atoms with Gasteiger partial charge < -0.3 is 15.3 Å². The third-order valence-electron chi connectivity index (χ3n) is 4.54. The van der Waals surface area contributed by atoms with Crippen LogP contribution in [0.3, 0.4) is 0 Å². The normalized spacial score (nSPS) is 24.0. The van der Waals surface area contributed by atoms with Crippen LogP contribution in [0.25, 0.3) is 0 Å². The number of halogens is 1. The summed E-state index contributed by atoms with van der Waals surface area (Å²) in [6.45, 7) is 0.914. The van der Waals surface area contributed by atoms with Crippen LogP contribution in [0.5, 0.6) is 0 Å². The number of amides is 2. The minimum atomic E-state index is -0.821. The van der Waals surface area contributed by atoms with Crippen LogP contribution in [-0.2, 0) is 11.2 Å². The van der Waals surface area contributed by atoms with Crippen LogP contribution in [0.15, 0.2) is 18.2 Å². The Hall–Kier alpha value is -1.75. The second-order valence-corrected chi connectivity index (χ2v) is 6.44. The van der Waals surface area contributed by atoms with Crippen molar-refractivity contribution < 1.29 is 14.7 Å². The number of aliphatic carboxylic acids is 1. The van der Waals surface area contributed by atoms with E-state index in [9.17, 15) is 9.59 Å². The number of carboxylic acids is 1. The average molecular weight is 323 g/mol. The Balaban J connectivity index is 1.65. The van der Waals surface area contributed by atoms with Crippen LogP contribution in [0, 0.1) is 5.92 Å². The molecule has 1 aromatic rings. The number of hydrogen-bond donors (Lipinski definition) is 2. The number of benzene rings is 1. The highest BCUT2D eigenvalue weighted by Crippen LogP contribution is 2.33. The lowest BCUT2D eigenvalue weighted by Gasteiger charge is -2.31. The molecule has 0 saturated carbocycles. The Kier molecular flexibility index (Phi) is 4.25. The molecule has 0 spiro atoms. The van der Waals surface area contributed by atoms with Gasteiger partial charge in [0.05, 0.1) is 12.0 Å². The topological polar surface area (TPSA) is 69.6 Å².